The Morgan fingerprint density at radius 3 is 2.43 bits per heavy atom. The summed E-state index contributed by atoms with van der Waals surface area (Å²) >= 11 is 0. The van der Waals surface area contributed by atoms with E-state index in [9.17, 15) is 0 Å². The second-order valence-electron chi connectivity index (χ2n) is 6.03. The average molecular weight is 292 g/mol. The van der Waals surface area contributed by atoms with Gasteiger partial charge in [0.2, 0.25) is 0 Å². The van der Waals surface area contributed by atoms with Crippen molar-refractivity contribution in [1.29, 1.82) is 0 Å². The van der Waals surface area contributed by atoms with E-state index < -0.39 is 0 Å². The van der Waals surface area contributed by atoms with Crippen LogP contribution in [0.2, 0.25) is 0 Å². The Kier molecular flexibility index (Phi) is 5.88. The molecular formula is C17H28N2O2. The highest BCUT2D eigenvalue weighted by molar-refractivity contribution is 5.44. The van der Waals surface area contributed by atoms with Crippen LogP contribution in [0.5, 0.6) is 11.5 Å². The van der Waals surface area contributed by atoms with Crippen LogP contribution >= 0.6 is 0 Å². The molecule has 1 heterocycles. The Morgan fingerprint density at radius 1 is 1.19 bits per heavy atom. The van der Waals surface area contributed by atoms with Crippen LogP contribution in [0.25, 0.3) is 0 Å². The van der Waals surface area contributed by atoms with Gasteiger partial charge in [0.05, 0.1) is 14.2 Å². The van der Waals surface area contributed by atoms with Crippen LogP contribution in [0.3, 0.4) is 0 Å². The van der Waals surface area contributed by atoms with Gasteiger partial charge in [-0.25, -0.2) is 0 Å². The molecular weight excluding hydrogens is 264 g/mol. The van der Waals surface area contributed by atoms with E-state index in [-0.39, 0.29) is 0 Å². The quantitative estimate of drug-likeness (QED) is 0.875. The molecule has 21 heavy (non-hydrogen) atoms. The van der Waals surface area contributed by atoms with Crippen molar-refractivity contribution in [2.45, 2.75) is 25.7 Å². The van der Waals surface area contributed by atoms with E-state index in [4.69, 9.17) is 15.2 Å². The first kappa shape index (κ1) is 16.1. The van der Waals surface area contributed by atoms with Gasteiger partial charge in [-0.2, -0.15) is 0 Å². The van der Waals surface area contributed by atoms with E-state index in [1.165, 1.54) is 31.5 Å². The van der Waals surface area contributed by atoms with Gasteiger partial charge in [0.25, 0.3) is 0 Å². The molecule has 1 atom stereocenters. The van der Waals surface area contributed by atoms with Crippen molar-refractivity contribution in [3.05, 3.63) is 23.8 Å². The van der Waals surface area contributed by atoms with Gasteiger partial charge in [0.15, 0.2) is 11.5 Å². The number of likely N-dealkylation sites (tertiary alicyclic amines) is 1. The van der Waals surface area contributed by atoms with Crippen molar-refractivity contribution < 1.29 is 9.47 Å². The summed E-state index contributed by atoms with van der Waals surface area (Å²) in [5.41, 5.74) is 7.24. The summed E-state index contributed by atoms with van der Waals surface area (Å²) in [4.78, 5) is 2.54. The molecule has 0 radical (unpaired) electrons. The first-order chi connectivity index (χ1) is 10.2. The molecule has 1 aromatic carbocycles. The Balaban J connectivity index is 2.06. The van der Waals surface area contributed by atoms with Gasteiger partial charge in [-0.15, -0.1) is 0 Å². The van der Waals surface area contributed by atoms with Crippen LogP contribution in [0.15, 0.2) is 18.2 Å². The lowest BCUT2D eigenvalue weighted by Crippen LogP contribution is -2.37. The molecule has 1 unspecified atom stereocenters. The molecule has 1 fully saturated rings. The van der Waals surface area contributed by atoms with Crippen LogP contribution in [-0.2, 0) is 0 Å². The molecule has 1 aliphatic heterocycles. The van der Waals surface area contributed by atoms with Gasteiger partial charge in [-0.1, -0.05) is 13.0 Å². The van der Waals surface area contributed by atoms with E-state index in [2.05, 4.69) is 24.0 Å². The molecule has 0 aliphatic carbocycles. The molecule has 0 aromatic heterocycles. The van der Waals surface area contributed by atoms with Crippen molar-refractivity contribution >= 4 is 0 Å². The lowest BCUT2D eigenvalue weighted by Gasteiger charge is -2.33. The van der Waals surface area contributed by atoms with Gasteiger partial charge in [0.1, 0.15) is 0 Å². The van der Waals surface area contributed by atoms with E-state index in [1.807, 2.05) is 6.07 Å². The number of piperidine rings is 1. The SMILES string of the molecule is COc1ccc(C(CN)CN2CCC(C)CC2)cc1OC. The fourth-order valence-electron chi connectivity index (χ4n) is 2.98. The van der Waals surface area contributed by atoms with E-state index in [0.29, 0.717) is 12.5 Å². The third-order valence-electron chi connectivity index (χ3n) is 4.52. The van der Waals surface area contributed by atoms with Crippen molar-refractivity contribution in [1.82, 2.24) is 4.90 Å². The van der Waals surface area contributed by atoms with Crippen LogP contribution < -0.4 is 15.2 Å². The third kappa shape index (κ3) is 4.11. The summed E-state index contributed by atoms with van der Waals surface area (Å²) in [5, 5.41) is 0. The minimum absolute atomic E-state index is 0.346. The Labute approximate surface area is 128 Å². The molecule has 1 aromatic rings. The molecule has 0 amide bonds. The highest BCUT2D eigenvalue weighted by atomic mass is 16.5. The van der Waals surface area contributed by atoms with Crippen LogP contribution in [-0.4, -0.2) is 45.3 Å². The van der Waals surface area contributed by atoms with Gasteiger partial charge >= 0.3 is 0 Å². The molecule has 4 nitrogen and oxygen atoms in total. The van der Waals surface area contributed by atoms with Gasteiger partial charge in [-0.3, -0.25) is 0 Å². The normalized spacial score (nSPS) is 18.5. The number of nitrogens with two attached hydrogens (primary N) is 1. The van der Waals surface area contributed by atoms with E-state index in [0.717, 1.165) is 24.0 Å². The summed E-state index contributed by atoms with van der Waals surface area (Å²) in [6.07, 6.45) is 2.59. The molecule has 0 bridgehead atoms. The standard InChI is InChI=1S/C17H28N2O2/c1-13-6-8-19(9-7-13)12-15(11-18)14-4-5-16(20-2)17(10-14)21-3/h4-5,10,13,15H,6-9,11-12,18H2,1-3H3. The molecule has 1 aliphatic rings. The van der Waals surface area contributed by atoms with E-state index >= 15 is 0 Å². The molecule has 1 saturated heterocycles. The second-order valence-corrected chi connectivity index (χ2v) is 6.03. The largest absolute Gasteiger partial charge is 0.493 e. The van der Waals surface area contributed by atoms with Crippen molar-refractivity contribution in [2.75, 3.05) is 40.4 Å². The summed E-state index contributed by atoms with van der Waals surface area (Å²) < 4.78 is 10.7. The lowest BCUT2D eigenvalue weighted by atomic mass is 9.94. The predicted octanol–water partition coefficient (Wildman–Crippen LogP) is 2.48. The summed E-state index contributed by atoms with van der Waals surface area (Å²) in [6.45, 7) is 6.39. The predicted molar refractivity (Wildman–Crippen MR) is 86.2 cm³/mol. The number of hydrogen-bond acceptors (Lipinski definition) is 4. The van der Waals surface area contributed by atoms with Gasteiger partial charge in [-0.05, 0) is 49.5 Å². The maximum absolute atomic E-state index is 6.01. The summed E-state index contributed by atoms with van der Waals surface area (Å²) in [5.74, 6) is 2.75. The van der Waals surface area contributed by atoms with Crippen LogP contribution in [0, 0.1) is 5.92 Å². The van der Waals surface area contributed by atoms with Crippen LogP contribution in [0.4, 0.5) is 0 Å². The Hall–Kier alpha value is -1.26. The second kappa shape index (κ2) is 7.66. The van der Waals surface area contributed by atoms with Crippen LogP contribution in [0.1, 0.15) is 31.2 Å². The van der Waals surface area contributed by atoms with Crippen molar-refractivity contribution in [2.24, 2.45) is 11.7 Å². The lowest BCUT2D eigenvalue weighted by molar-refractivity contribution is 0.183. The zero-order valence-corrected chi connectivity index (χ0v) is 13.5. The number of methoxy groups -OCH3 is 2. The Bertz CT molecular complexity index is 442. The highest BCUT2D eigenvalue weighted by Gasteiger charge is 2.20. The van der Waals surface area contributed by atoms with Crippen molar-refractivity contribution in [3.63, 3.8) is 0 Å². The molecule has 0 saturated carbocycles. The third-order valence-corrected chi connectivity index (χ3v) is 4.52. The topological polar surface area (TPSA) is 47.7 Å². The zero-order chi connectivity index (χ0) is 15.2. The summed E-state index contributed by atoms with van der Waals surface area (Å²) in [6, 6.07) is 6.13. The molecule has 2 N–H and O–H groups in total. The van der Waals surface area contributed by atoms with E-state index in [1.54, 1.807) is 14.2 Å². The number of ether oxygens (including phenoxy) is 2. The first-order valence-electron chi connectivity index (χ1n) is 7.82. The zero-order valence-electron chi connectivity index (χ0n) is 13.5. The monoisotopic (exact) mass is 292 g/mol. The number of rotatable bonds is 6. The molecule has 4 heteroatoms. The highest BCUT2D eigenvalue weighted by Crippen LogP contribution is 2.31. The van der Waals surface area contributed by atoms with Gasteiger partial charge < -0.3 is 20.1 Å². The minimum atomic E-state index is 0.346. The maximum atomic E-state index is 6.01. The number of benzene rings is 1. The smallest absolute Gasteiger partial charge is 0.160 e. The van der Waals surface area contributed by atoms with Crippen molar-refractivity contribution in [3.8, 4) is 11.5 Å². The molecule has 118 valence electrons. The minimum Gasteiger partial charge on any atom is -0.493 e. The van der Waals surface area contributed by atoms with Gasteiger partial charge in [0, 0.05) is 19.0 Å². The number of hydrogen-bond donors (Lipinski definition) is 1. The first-order valence-corrected chi connectivity index (χ1v) is 7.82. The average Bonchev–Trinajstić information content (AvgIpc) is 2.53. The number of nitrogens with zero attached hydrogens (tertiary/aromatic N) is 1. The molecule has 0 spiro atoms. The molecule has 2 rings (SSSR count). The summed E-state index contributed by atoms with van der Waals surface area (Å²) in [7, 11) is 3.33. The Morgan fingerprint density at radius 2 is 1.86 bits per heavy atom. The maximum Gasteiger partial charge on any atom is 0.160 e. The fourth-order valence-corrected chi connectivity index (χ4v) is 2.98. The fraction of sp³-hybridized carbons (Fsp3) is 0.647.